The molecule has 0 aromatic heterocycles. The highest BCUT2D eigenvalue weighted by molar-refractivity contribution is 6.08. The molecule has 5 heteroatoms. The summed E-state index contributed by atoms with van der Waals surface area (Å²) in [4.78, 5) is 2.36. The molecule has 0 bridgehead atoms. The SMILES string of the molecule is CCC1(CC)c2cc(F)ccc2-c2c1c1c(c3cc(F)ccc23)OC(c2ccc(N3CCOCC3)cc2)(c2ccc3c(c2)C(C)(C)c2cc4ccccc4cc2-3)C=C1. The van der Waals surface area contributed by atoms with Gasteiger partial charge in [0.25, 0.3) is 0 Å². The van der Waals surface area contributed by atoms with E-state index < -0.39 is 11.0 Å². The molecule has 1 atom stereocenters. The smallest absolute Gasteiger partial charge is 0.178 e. The maximum Gasteiger partial charge on any atom is 0.178 e. The molecule has 11 rings (SSSR count). The van der Waals surface area contributed by atoms with Crippen molar-refractivity contribution in [2.45, 2.75) is 57.0 Å². The van der Waals surface area contributed by atoms with E-state index in [1.807, 2.05) is 12.1 Å². The van der Waals surface area contributed by atoms with E-state index in [1.165, 1.54) is 39.1 Å². The summed E-state index contributed by atoms with van der Waals surface area (Å²) >= 11 is 0. The molecular formula is C53H45F2NO2. The van der Waals surface area contributed by atoms with Gasteiger partial charge in [0.05, 0.1) is 13.2 Å². The van der Waals surface area contributed by atoms with Crippen LogP contribution in [0.15, 0.2) is 121 Å². The van der Waals surface area contributed by atoms with Crippen molar-refractivity contribution >= 4 is 33.3 Å². The summed E-state index contributed by atoms with van der Waals surface area (Å²) in [5.41, 5.74) is 11.6. The van der Waals surface area contributed by atoms with Crippen LogP contribution < -0.4 is 9.64 Å². The Balaban J connectivity index is 1.16. The monoisotopic (exact) mass is 765 g/mol. The van der Waals surface area contributed by atoms with Gasteiger partial charge in [0, 0.05) is 51.7 Å². The summed E-state index contributed by atoms with van der Waals surface area (Å²) < 4.78 is 44.1. The standard InChI is InChI=1S/C53H45F2NO2/c1-5-52(6-2)47-31-37(55)15-20-41(47)48-40-19-14-36(54)30-44(40)50-42(49(48)52)21-22-53(58-50,34-11-16-38(17-12-34)56-23-25-57-26-24-56)35-13-18-39-43-27-32-9-7-8-10-33(32)28-45(43)51(3,4)46(39)29-35/h7-22,27-31H,5-6,23-26H2,1-4H3. The van der Waals surface area contributed by atoms with Gasteiger partial charge in [-0.2, -0.15) is 0 Å². The zero-order valence-electron chi connectivity index (χ0n) is 33.4. The van der Waals surface area contributed by atoms with Crippen molar-refractivity contribution in [3.05, 3.63) is 172 Å². The van der Waals surface area contributed by atoms with E-state index in [4.69, 9.17) is 9.47 Å². The van der Waals surface area contributed by atoms with Gasteiger partial charge in [-0.1, -0.05) is 94.4 Å². The molecule has 1 saturated heterocycles. The van der Waals surface area contributed by atoms with Crippen LogP contribution in [-0.4, -0.2) is 26.3 Å². The number of hydrogen-bond donors (Lipinski definition) is 0. The predicted octanol–water partition coefficient (Wildman–Crippen LogP) is 12.8. The Hall–Kier alpha value is -5.78. The van der Waals surface area contributed by atoms with Crippen LogP contribution in [0, 0.1) is 11.6 Å². The second kappa shape index (κ2) is 12.6. The van der Waals surface area contributed by atoms with Crippen molar-refractivity contribution in [1.29, 1.82) is 0 Å². The molecule has 0 saturated carbocycles. The molecule has 4 aliphatic rings. The molecule has 1 fully saturated rings. The van der Waals surface area contributed by atoms with Crippen LogP contribution in [0.1, 0.15) is 79.5 Å². The van der Waals surface area contributed by atoms with Crippen LogP contribution in [0.2, 0.25) is 0 Å². The molecule has 7 aromatic carbocycles. The van der Waals surface area contributed by atoms with Crippen molar-refractivity contribution in [1.82, 2.24) is 0 Å². The molecule has 0 amide bonds. The lowest BCUT2D eigenvalue weighted by atomic mass is 9.71. The number of rotatable bonds is 5. The molecule has 7 aromatic rings. The maximum atomic E-state index is 15.6. The summed E-state index contributed by atoms with van der Waals surface area (Å²) in [7, 11) is 0. The van der Waals surface area contributed by atoms with Crippen LogP contribution in [0.3, 0.4) is 0 Å². The number of ether oxygens (including phenoxy) is 2. The lowest BCUT2D eigenvalue weighted by molar-refractivity contribution is 0.122. The molecule has 2 aliphatic heterocycles. The average Bonchev–Trinajstić information content (AvgIpc) is 3.67. The van der Waals surface area contributed by atoms with Crippen LogP contribution in [-0.2, 0) is 21.2 Å². The van der Waals surface area contributed by atoms with Crippen molar-refractivity contribution in [3.63, 3.8) is 0 Å². The summed E-state index contributed by atoms with van der Waals surface area (Å²) in [6.07, 6.45) is 6.00. The molecule has 0 spiro atoms. The first-order chi connectivity index (χ1) is 28.2. The highest BCUT2D eigenvalue weighted by Crippen LogP contribution is 2.61. The minimum atomic E-state index is -1.05. The Labute approximate surface area is 338 Å². The number of hydrogen-bond acceptors (Lipinski definition) is 3. The fourth-order valence-electron chi connectivity index (χ4n) is 11.0. The summed E-state index contributed by atoms with van der Waals surface area (Å²) in [5.74, 6) is 0.0808. The minimum Gasteiger partial charge on any atom is -0.472 e. The van der Waals surface area contributed by atoms with Crippen LogP contribution in [0.5, 0.6) is 5.75 Å². The van der Waals surface area contributed by atoms with Gasteiger partial charge in [-0.05, 0) is 134 Å². The Morgan fingerprint density at radius 3 is 2.07 bits per heavy atom. The van der Waals surface area contributed by atoms with Gasteiger partial charge in [-0.3, -0.25) is 0 Å². The molecule has 1 unspecified atom stereocenters. The van der Waals surface area contributed by atoms with Gasteiger partial charge in [-0.15, -0.1) is 0 Å². The van der Waals surface area contributed by atoms with Gasteiger partial charge >= 0.3 is 0 Å². The lowest BCUT2D eigenvalue weighted by Crippen LogP contribution is -2.37. The predicted molar refractivity (Wildman–Crippen MR) is 232 cm³/mol. The Morgan fingerprint density at radius 1 is 0.638 bits per heavy atom. The first-order valence-electron chi connectivity index (χ1n) is 20.8. The van der Waals surface area contributed by atoms with Gasteiger partial charge < -0.3 is 14.4 Å². The van der Waals surface area contributed by atoms with Gasteiger partial charge in [-0.25, -0.2) is 8.78 Å². The quantitative estimate of drug-likeness (QED) is 0.174. The van der Waals surface area contributed by atoms with Gasteiger partial charge in [0.1, 0.15) is 17.4 Å². The van der Waals surface area contributed by atoms with Gasteiger partial charge in [0.15, 0.2) is 5.60 Å². The van der Waals surface area contributed by atoms with Gasteiger partial charge in [0.2, 0.25) is 0 Å². The van der Waals surface area contributed by atoms with E-state index >= 15 is 8.78 Å². The highest BCUT2D eigenvalue weighted by Gasteiger charge is 2.48. The van der Waals surface area contributed by atoms with Crippen molar-refractivity contribution in [3.8, 4) is 28.0 Å². The topological polar surface area (TPSA) is 21.7 Å². The Morgan fingerprint density at radius 2 is 1.31 bits per heavy atom. The molecular weight excluding hydrogens is 721 g/mol. The number of morpholine rings is 1. The van der Waals surface area contributed by atoms with Crippen molar-refractivity contribution < 1.29 is 18.3 Å². The molecule has 2 heterocycles. The fraction of sp³-hybridized carbons (Fsp3) is 0.245. The van der Waals surface area contributed by atoms with E-state index in [1.54, 1.807) is 18.2 Å². The largest absolute Gasteiger partial charge is 0.472 e. The van der Waals surface area contributed by atoms with E-state index in [0.29, 0.717) is 24.3 Å². The number of nitrogens with zero attached hydrogens (tertiary/aromatic N) is 1. The van der Waals surface area contributed by atoms with Crippen LogP contribution >= 0.6 is 0 Å². The molecule has 58 heavy (non-hydrogen) atoms. The summed E-state index contributed by atoms with van der Waals surface area (Å²) in [6.45, 7) is 12.1. The first-order valence-corrected chi connectivity index (χ1v) is 20.8. The van der Waals surface area contributed by atoms with E-state index in [-0.39, 0.29) is 17.0 Å². The molecule has 0 N–H and O–H groups in total. The highest BCUT2D eigenvalue weighted by atomic mass is 19.1. The zero-order chi connectivity index (χ0) is 39.6. The molecule has 0 radical (unpaired) electrons. The Bertz CT molecular complexity index is 2880. The van der Waals surface area contributed by atoms with Crippen LogP contribution in [0.25, 0.3) is 49.9 Å². The summed E-state index contributed by atoms with van der Waals surface area (Å²) in [6, 6.07) is 39.1. The zero-order valence-corrected chi connectivity index (χ0v) is 33.4. The summed E-state index contributed by atoms with van der Waals surface area (Å²) in [5, 5.41) is 4.09. The number of anilines is 1. The number of benzene rings is 7. The third-order valence-corrected chi connectivity index (χ3v) is 14.1. The normalized spacial score (nSPS) is 19.4. The fourth-order valence-corrected chi connectivity index (χ4v) is 11.0. The van der Waals surface area contributed by atoms with Crippen LogP contribution in [0.4, 0.5) is 14.5 Å². The number of halogens is 2. The van der Waals surface area contributed by atoms with E-state index in [2.05, 4.69) is 124 Å². The average molecular weight is 766 g/mol. The molecule has 2 aliphatic carbocycles. The van der Waals surface area contributed by atoms with E-state index in [0.717, 1.165) is 75.9 Å². The number of fused-ring (bicyclic) bond motifs is 12. The maximum absolute atomic E-state index is 15.6. The van der Waals surface area contributed by atoms with E-state index in [9.17, 15) is 0 Å². The third-order valence-electron chi connectivity index (χ3n) is 14.1. The molecule has 288 valence electrons. The lowest BCUT2D eigenvalue weighted by Gasteiger charge is -2.40. The Kier molecular flexibility index (Phi) is 7.69. The molecule has 3 nitrogen and oxygen atoms in total. The third kappa shape index (κ3) is 4.80. The second-order valence-electron chi connectivity index (χ2n) is 17.1. The van der Waals surface area contributed by atoms with Crippen molar-refractivity contribution in [2.75, 3.05) is 31.2 Å². The first kappa shape index (κ1) is 35.4. The second-order valence-corrected chi connectivity index (χ2v) is 17.1. The minimum absolute atomic E-state index is 0.247. The van der Waals surface area contributed by atoms with Crippen molar-refractivity contribution in [2.24, 2.45) is 0 Å².